The summed E-state index contributed by atoms with van der Waals surface area (Å²) in [6, 6.07) is 7.20. The number of aromatic nitrogens is 1. The van der Waals surface area contributed by atoms with Gasteiger partial charge in [0.05, 0.1) is 6.10 Å². The number of nitrogens with zero attached hydrogens (tertiary/aromatic N) is 1. The zero-order valence-electron chi connectivity index (χ0n) is 9.90. The molecule has 0 saturated heterocycles. The maximum atomic E-state index is 10.2. The molecule has 1 unspecified atom stereocenters. The molecule has 0 saturated carbocycles. The molecular weight excluding hydrogens is 269 g/mol. The van der Waals surface area contributed by atoms with Gasteiger partial charge in [-0.2, -0.15) is 0 Å². The predicted molar refractivity (Wildman–Crippen MR) is 74.1 cm³/mol. The van der Waals surface area contributed by atoms with E-state index in [4.69, 9.17) is 23.2 Å². The summed E-state index contributed by atoms with van der Waals surface area (Å²) >= 11 is 11.9. The highest BCUT2D eigenvalue weighted by molar-refractivity contribution is 6.35. The Labute approximate surface area is 116 Å². The van der Waals surface area contributed by atoms with Gasteiger partial charge in [-0.05, 0) is 35.7 Å². The first-order chi connectivity index (χ1) is 8.56. The number of aliphatic hydroxyl groups is 1. The standard InChI is InChI=1S/C14H13Cl2NO/c1-9-4-11(8-17-7-9)14(18)5-10-2-3-12(15)6-13(10)16/h2-4,6-8,14,18H,5H2,1H3. The van der Waals surface area contributed by atoms with Crippen LogP contribution in [-0.4, -0.2) is 10.1 Å². The van der Waals surface area contributed by atoms with Crippen molar-refractivity contribution in [3.05, 3.63) is 63.4 Å². The van der Waals surface area contributed by atoms with Gasteiger partial charge in [0.15, 0.2) is 0 Å². The molecule has 1 heterocycles. The molecule has 1 aromatic carbocycles. The number of halogens is 2. The third-order valence-electron chi connectivity index (χ3n) is 2.71. The van der Waals surface area contributed by atoms with Gasteiger partial charge in [0.25, 0.3) is 0 Å². The zero-order valence-corrected chi connectivity index (χ0v) is 11.4. The summed E-state index contributed by atoms with van der Waals surface area (Å²) in [5.41, 5.74) is 2.69. The maximum Gasteiger partial charge on any atom is 0.0845 e. The van der Waals surface area contributed by atoms with E-state index in [0.717, 1.165) is 16.7 Å². The SMILES string of the molecule is Cc1cncc(C(O)Cc2ccc(Cl)cc2Cl)c1. The van der Waals surface area contributed by atoms with Gasteiger partial charge in [-0.15, -0.1) is 0 Å². The van der Waals surface area contributed by atoms with Crippen LogP contribution >= 0.6 is 23.2 Å². The van der Waals surface area contributed by atoms with Crippen molar-refractivity contribution in [2.75, 3.05) is 0 Å². The fourth-order valence-electron chi connectivity index (χ4n) is 1.77. The largest absolute Gasteiger partial charge is 0.388 e. The number of aryl methyl sites for hydroxylation is 1. The van der Waals surface area contributed by atoms with E-state index < -0.39 is 6.10 Å². The number of aliphatic hydroxyl groups excluding tert-OH is 1. The molecule has 4 heteroatoms. The minimum Gasteiger partial charge on any atom is -0.388 e. The van der Waals surface area contributed by atoms with E-state index in [9.17, 15) is 5.11 Å². The molecule has 0 radical (unpaired) electrons. The third-order valence-corrected chi connectivity index (χ3v) is 3.30. The van der Waals surface area contributed by atoms with E-state index in [1.54, 1.807) is 24.5 Å². The average molecular weight is 282 g/mol. The summed E-state index contributed by atoms with van der Waals surface area (Å²) in [6.45, 7) is 1.94. The van der Waals surface area contributed by atoms with Crippen molar-refractivity contribution in [2.45, 2.75) is 19.4 Å². The van der Waals surface area contributed by atoms with Crippen molar-refractivity contribution >= 4 is 23.2 Å². The topological polar surface area (TPSA) is 33.1 Å². The molecule has 2 rings (SSSR count). The van der Waals surface area contributed by atoms with Crippen LogP contribution in [-0.2, 0) is 6.42 Å². The molecule has 0 bridgehead atoms. The molecule has 1 atom stereocenters. The number of pyridine rings is 1. The minimum absolute atomic E-state index is 0.446. The van der Waals surface area contributed by atoms with Crippen molar-refractivity contribution in [3.8, 4) is 0 Å². The molecule has 0 spiro atoms. The Morgan fingerprint density at radius 1 is 1.22 bits per heavy atom. The molecule has 18 heavy (non-hydrogen) atoms. The molecule has 0 aliphatic carbocycles. The lowest BCUT2D eigenvalue weighted by Gasteiger charge is -2.12. The molecule has 94 valence electrons. The predicted octanol–water partition coefficient (Wildman–Crippen LogP) is 3.97. The Morgan fingerprint density at radius 3 is 2.67 bits per heavy atom. The lowest BCUT2D eigenvalue weighted by Crippen LogP contribution is -2.03. The second-order valence-corrected chi connectivity index (χ2v) is 5.09. The van der Waals surface area contributed by atoms with E-state index in [2.05, 4.69) is 4.98 Å². The van der Waals surface area contributed by atoms with Gasteiger partial charge in [-0.25, -0.2) is 0 Å². The first kappa shape index (κ1) is 13.3. The average Bonchev–Trinajstić information content (AvgIpc) is 2.32. The smallest absolute Gasteiger partial charge is 0.0845 e. The molecule has 1 N–H and O–H groups in total. The van der Waals surface area contributed by atoms with Crippen LogP contribution in [0.25, 0.3) is 0 Å². The van der Waals surface area contributed by atoms with Gasteiger partial charge < -0.3 is 5.11 Å². The van der Waals surface area contributed by atoms with Crippen molar-refractivity contribution in [1.82, 2.24) is 4.98 Å². The number of hydrogen-bond acceptors (Lipinski definition) is 2. The Balaban J connectivity index is 2.18. The van der Waals surface area contributed by atoms with Gasteiger partial charge in [0, 0.05) is 28.9 Å². The molecule has 2 aromatic rings. The Hall–Kier alpha value is -1.09. The van der Waals surface area contributed by atoms with E-state index >= 15 is 0 Å². The van der Waals surface area contributed by atoms with Crippen molar-refractivity contribution in [2.24, 2.45) is 0 Å². The van der Waals surface area contributed by atoms with Crippen LogP contribution in [0.15, 0.2) is 36.7 Å². The van der Waals surface area contributed by atoms with Crippen LogP contribution in [0.5, 0.6) is 0 Å². The van der Waals surface area contributed by atoms with Gasteiger partial charge in [-0.3, -0.25) is 4.98 Å². The summed E-state index contributed by atoms with van der Waals surface area (Å²) in [5, 5.41) is 11.3. The van der Waals surface area contributed by atoms with Crippen molar-refractivity contribution < 1.29 is 5.11 Å². The second kappa shape index (κ2) is 5.70. The van der Waals surface area contributed by atoms with Crippen LogP contribution in [0.3, 0.4) is 0 Å². The fraction of sp³-hybridized carbons (Fsp3) is 0.214. The molecule has 0 aliphatic heterocycles. The lowest BCUT2D eigenvalue weighted by atomic mass is 10.0. The quantitative estimate of drug-likeness (QED) is 0.923. The van der Waals surface area contributed by atoms with Gasteiger partial charge in [-0.1, -0.05) is 35.3 Å². The van der Waals surface area contributed by atoms with Crippen LogP contribution in [0.2, 0.25) is 10.0 Å². The van der Waals surface area contributed by atoms with E-state index in [0.29, 0.717) is 16.5 Å². The monoisotopic (exact) mass is 281 g/mol. The lowest BCUT2D eigenvalue weighted by molar-refractivity contribution is 0.178. The summed E-state index contributed by atoms with van der Waals surface area (Å²) in [4.78, 5) is 4.07. The first-order valence-electron chi connectivity index (χ1n) is 5.60. The first-order valence-corrected chi connectivity index (χ1v) is 6.35. The highest BCUT2D eigenvalue weighted by atomic mass is 35.5. The third kappa shape index (κ3) is 3.22. The van der Waals surface area contributed by atoms with Crippen LogP contribution in [0.4, 0.5) is 0 Å². The molecule has 1 aromatic heterocycles. The molecule has 0 amide bonds. The van der Waals surface area contributed by atoms with Crippen LogP contribution in [0.1, 0.15) is 22.8 Å². The van der Waals surface area contributed by atoms with E-state index in [-0.39, 0.29) is 0 Å². The normalized spacial score (nSPS) is 12.4. The Kier molecular flexibility index (Phi) is 4.23. The number of rotatable bonds is 3. The maximum absolute atomic E-state index is 10.2. The number of hydrogen-bond donors (Lipinski definition) is 1. The minimum atomic E-state index is -0.615. The van der Waals surface area contributed by atoms with Gasteiger partial charge in [0.1, 0.15) is 0 Å². The van der Waals surface area contributed by atoms with Crippen molar-refractivity contribution in [1.29, 1.82) is 0 Å². The van der Waals surface area contributed by atoms with Crippen molar-refractivity contribution in [3.63, 3.8) is 0 Å². The Bertz CT molecular complexity index is 557. The molecule has 2 nitrogen and oxygen atoms in total. The zero-order chi connectivity index (χ0) is 13.1. The van der Waals surface area contributed by atoms with Gasteiger partial charge in [0.2, 0.25) is 0 Å². The van der Waals surface area contributed by atoms with Gasteiger partial charge >= 0.3 is 0 Å². The summed E-state index contributed by atoms with van der Waals surface area (Å²) in [5.74, 6) is 0. The summed E-state index contributed by atoms with van der Waals surface area (Å²) in [7, 11) is 0. The van der Waals surface area contributed by atoms with E-state index in [1.165, 1.54) is 0 Å². The molecule has 0 fully saturated rings. The van der Waals surface area contributed by atoms with E-state index in [1.807, 2.05) is 19.1 Å². The Morgan fingerprint density at radius 2 is 2.00 bits per heavy atom. The fourth-order valence-corrected chi connectivity index (χ4v) is 2.26. The molecule has 0 aliphatic rings. The second-order valence-electron chi connectivity index (χ2n) is 4.25. The summed E-state index contributed by atoms with van der Waals surface area (Å²) < 4.78 is 0. The highest BCUT2D eigenvalue weighted by Gasteiger charge is 2.11. The molecular formula is C14H13Cl2NO. The number of benzene rings is 1. The van der Waals surface area contributed by atoms with Crippen LogP contribution < -0.4 is 0 Å². The van der Waals surface area contributed by atoms with Crippen LogP contribution in [0, 0.1) is 6.92 Å². The summed E-state index contributed by atoms with van der Waals surface area (Å²) in [6.07, 6.45) is 3.25. The highest BCUT2D eigenvalue weighted by Crippen LogP contribution is 2.26.